The minimum atomic E-state index is -0.0548. The minimum absolute atomic E-state index is 0.0219. The Hall–Kier alpha value is -1.63. The van der Waals surface area contributed by atoms with E-state index in [1.807, 2.05) is 0 Å². The molecule has 0 fully saturated rings. The molecule has 0 aliphatic heterocycles. The number of ether oxygens (including phenoxy) is 2. The molecule has 0 aromatic carbocycles. The number of amides is 1. The lowest BCUT2D eigenvalue weighted by atomic mass is 9.83. The largest absolute Gasteiger partial charge is 0.466 e. The Bertz CT molecular complexity index is 938. The maximum Gasteiger partial charge on any atom is 0.305 e. The zero-order valence-corrected chi connectivity index (χ0v) is 40.1. The molecule has 0 aromatic rings. The lowest BCUT2D eigenvalue weighted by molar-refractivity contribution is -0.145. The molecular formula is C51H100N2O5. The monoisotopic (exact) mass is 821 g/mol. The van der Waals surface area contributed by atoms with Crippen molar-refractivity contribution in [2.24, 2.45) is 11.3 Å². The lowest BCUT2D eigenvalue weighted by Crippen LogP contribution is -2.35. The molecule has 0 saturated heterocycles. The van der Waals surface area contributed by atoms with Gasteiger partial charge in [-0.3, -0.25) is 14.4 Å². The van der Waals surface area contributed by atoms with Crippen molar-refractivity contribution in [1.82, 2.24) is 9.80 Å². The van der Waals surface area contributed by atoms with Gasteiger partial charge in [0.05, 0.1) is 13.2 Å². The first-order valence-electron chi connectivity index (χ1n) is 25.3. The molecule has 0 bridgehead atoms. The second-order valence-electron chi connectivity index (χ2n) is 18.9. The second kappa shape index (κ2) is 40.8. The maximum absolute atomic E-state index is 13.4. The molecule has 7 nitrogen and oxygen atoms in total. The summed E-state index contributed by atoms with van der Waals surface area (Å²) >= 11 is 0. The van der Waals surface area contributed by atoms with Crippen molar-refractivity contribution in [3.63, 3.8) is 0 Å². The highest BCUT2D eigenvalue weighted by Gasteiger charge is 2.22. The van der Waals surface area contributed by atoms with Crippen LogP contribution in [0.15, 0.2) is 0 Å². The summed E-state index contributed by atoms with van der Waals surface area (Å²) in [5.74, 6) is 0.727. The van der Waals surface area contributed by atoms with E-state index in [1.54, 1.807) is 0 Å². The third-order valence-corrected chi connectivity index (χ3v) is 12.1. The van der Waals surface area contributed by atoms with Crippen LogP contribution in [-0.2, 0) is 23.9 Å². The molecule has 0 radical (unpaired) electrons. The number of rotatable bonds is 44. The van der Waals surface area contributed by atoms with Crippen molar-refractivity contribution in [3.05, 3.63) is 0 Å². The summed E-state index contributed by atoms with van der Waals surface area (Å²) in [7, 11) is 4.17. The molecule has 0 saturated carbocycles. The number of nitrogens with zero attached hydrogens (tertiary/aromatic N) is 2. The van der Waals surface area contributed by atoms with Gasteiger partial charge in [0.1, 0.15) is 0 Å². The van der Waals surface area contributed by atoms with E-state index in [0.29, 0.717) is 38.4 Å². The van der Waals surface area contributed by atoms with Gasteiger partial charge in [-0.05, 0) is 96.2 Å². The van der Waals surface area contributed by atoms with Crippen LogP contribution in [0, 0.1) is 11.3 Å². The van der Waals surface area contributed by atoms with Gasteiger partial charge in [-0.1, -0.05) is 169 Å². The summed E-state index contributed by atoms with van der Waals surface area (Å²) in [6.45, 7) is 15.2. The van der Waals surface area contributed by atoms with Gasteiger partial charge < -0.3 is 19.3 Å². The SMILES string of the molecule is CCCCCCCCCOC(=O)CCCCC(C)(C)CCN(CCCCCCCC(=O)OCC(CCCCCCC)CCCCCCCC)C(=O)CCCCN(C)C. The van der Waals surface area contributed by atoms with Crippen LogP contribution in [0.1, 0.15) is 253 Å². The normalized spacial score (nSPS) is 12.3. The molecule has 1 amide bonds. The van der Waals surface area contributed by atoms with E-state index in [1.165, 1.54) is 116 Å². The van der Waals surface area contributed by atoms with E-state index in [9.17, 15) is 14.4 Å². The van der Waals surface area contributed by atoms with Gasteiger partial charge in [0.2, 0.25) is 5.91 Å². The van der Waals surface area contributed by atoms with Crippen LogP contribution in [0.25, 0.3) is 0 Å². The molecule has 0 heterocycles. The fraction of sp³-hybridized carbons (Fsp3) is 0.941. The van der Waals surface area contributed by atoms with Crippen molar-refractivity contribution < 1.29 is 23.9 Å². The molecule has 0 spiro atoms. The Morgan fingerprint density at radius 2 is 0.914 bits per heavy atom. The third-order valence-electron chi connectivity index (χ3n) is 12.1. The van der Waals surface area contributed by atoms with Crippen molar-refractivity contribution in [2.75, 3.05) is 46.9 Å². The first-order valence-corrected chi connectivity index (χ1v) is 25.3. The van der Waals surface area contributed by atoms with E-state index >= 15 is 0 Å². The standard InChI is InChI=1S/C51H100N2O5/c1-8-11-14-17-19-25-34-45-57-49(55)39-29-31-40-51(4,5)41-44-53(48(54)37-30-33-42-52(6)7)43-32-24-20-23-28-38-50(56)58-46-47(35-26-21-16-13-10-3)36-27-22-18-15-12-9-2/h47H,8-46H2,1-7H3. The number of carbonyl (C=O) groups is 3. The summed E-state index contributed by atoms with van der Waals surface area (Å²) < 4.78 is 11.3. The number of hydrogen-bond donors (Lipinski definition) is 0. The zero-order chi connectivity index (χ0) is 43.0. The molecule has 0 aliphatic rings. The van der Waals surface area contributed by atoms with Gasteiger partial charge in [-0.15, -0.1) is 0 Å². The van der Waals surface area contributed by atoms with E-state index in [-0.39, 0.29) is 23.3 Å². The van der Waals surface area contributed by atoms with Crippen LogP contribution < -0.4 is 0 Å². The Kier molecular flexibility index (Phi) is 39.6. The van der Waals surface area contributed by atoms with Gasteiger partial charge in [0.15, 0.2) is 0 Å². The second-order valence-corrected chi connectivity index (χ2v) is 18.9. The van der Waals surface area contributed by atoms with Gasteiger partial charge in [0, 0.05) is 32.4 Å². The third kappa shape index (κ3) is 38.6. The molecule has 0 aromatic heterocycles. The predicted molar refractivity (Wildman–Crippen MR) is 248 cm³/mol. The number of carbonyl (C=O) groups excluding carboxylic acids is 3. The Labute approximate surface area is 361 Å². The van der Waals surface area contributed by atoms with Crippen molar-refractivity contribution in [1.29, 1.82) is 0 Å². The fourth-order valence-corrected chi connectivity index (χ4v) is 7.92. The first-order chi connectivity index (χ1) is 28.0. The van der Waals surface area contributed by atoms with E-state index in [4.69, 9.17) is 9.47 Å². The van der Waals surface area contributed by atoms with Crippen molar-refractivity contribution in [2.45, 2.75) is 253 Å². The van der Waals surface area contributed by atoms with Gasteiger partial charge >= 0.3 is 11.9 Å². The number of hydrogen-bond acceptors (Lipinski definition) is 6. The first kappa shape index (κ1) is 56.4. The molecule has 0 N–H and O–H groups in total. The molecule has 0 rings (SSSR count). The fourth-order valence-electron chi connectivity index (χ4n) is 7.92. The Balaban J connectivity index is 4.56. The molecule has 58 heavy (non-hydrogen) atoms. The molecule has 7 heteroatoms. The zero-order valence-electron chi connectivity index (χ0n) is 40.1. The summed E-state index contributed by atoms with van der Waals surface area (Å²) in [5.41, 5.74) is 0.114. The smallest absolute Gasteiger partial charge is 0.305 e. The Morgan fingerprint density at radius 1 is 0.466 bits per heavy atom. The van der Waals surface area contributed by atoms with Crippen LogP contribution >= 0.6 is 0 Å². The summed E-state index contributed by atoms with van der Waals surface area (Å²) in [5, 5.41) is 0. The van der Waals surface area contributed by atoms with Crippen LogP contribution in [0.5, 0.6) is 0 Å². The van der Waals surface area contributed by atoms with E-state index in [2.05, 4.69) is 58.5 Å². The van der Waals surface area contributed by atoms with Crippen LogP contribution in [0.4, 0.5) is 0 Å². The quantitative estimate of drug-likeness (QED) is 0.0450. The number of unbranched alkanes of at least 4 members (excludes halogenated alkanes) is 21. The minimum Gasteiger partial charge on any atom is -0.466 e. The molecule has 1 atom stereocenters. The van der Waals surface area contributed by atoms with E-state index < -0.39 is 0 Å². The van der Waals surface area contributed by atoms with Crippen LogP contribution in [0.2, 0.25) is 0 Å². The summed E-state index contributed by atoms with van der Waals surface area (Å²) in [4.78, 5) is 42.6. The maximum atomic E-state index is 13.4. The van der Waals surface area contributed by atoms with Gasteiger partial charge in [-0.25, -0.2) is 0 Å². The van der Waals surface area contributed by atoms with Crippen LogP contribution in [-0.4, -0.2) is 74.6 Å². The predicted octanol–water partition coefficient (Wildman–Crippen LogP) is 14.4. The number of esters is 2. The highest BCUT2D eigenvalue weighted by Crippen LogP contribution is 2.29. The summed E-state index contributed by atoms with van der Waals surface area (Å²) in [6, 6.07) is 0. The average molecular weight is 821 g/mol. The van der Waals surface area contributed by atoms with E-state index in [0.717, 1.165) is 103 Å². The van der Waals surface area contributed by atoms with Gasteiger partial charge in [0.25, 0.3) is 0 Å². The van der Waals surface area contributed by atoms with Crippen molar-refractivity contribution in [3.8, 4) is 0 Å². The summed E-state index contributed by atoms with van der Waals surface area (Å²) in [6.07, 6.45) is 37.9. The molecule has 344 valence electrons. The molecular weight excluding hydrogens is 721 g/mol. The highest BCUT2D eigenvalue weighted by molar-refractivity contribution is 5.76. The van der Waals surface area contributed by atoms with Crippen LogP contribution in [0.3, 0.4) is 0 Å². The highest BCUT2D eigenvalue weighted by atomic mass is 16.5. The van der Waals surface area contributed by atoms with Crippen molar-refractivity contribution >= 4 is 17.8 Å². The lowest BCUT2D eigenvalue weighted by Gasteiger charge is -2.30. The Morgan fingerprint density at radius 3 is 1.48 bits per heavy atom. The van der Waals surface area contributed by atoms with Gasteiger partial charge in [-0.2, -0.15) is 0 Å². The molecule has 1 unspecified atom stereocenters. The topological polar surface area (TPSA) is 76.1 Å². The molecule has 0 aliphatic carbocycles. The average Bonchev–Trinajstić information content (AvgIpc) is 3.19.